The molecule has 1 aromatic heterocycles. The highest BCUT2D eigenvalue weighted by Gasteiger charge is 2.22. The molecule has 0 saturated carbocycles. The molecule has 0 fully saturated rings. The number of rotatable bonds is 1. The topological polar surface area (TPSA) is 17.8 Å². The molecule has 0 atom stereocenters. The van der Waals surface area contributed by atoms with E-state index in [1.54, 1.807) is 12.3 Å². The molecule has 0 bridgehead atoms. The highest BCUT2D eigenvalue weighted by molar-refractivity contribution is 14.1. The summed E-state index contributed by atoms with van der Waals surface area (Å²) in [6.45, 7) is 6.23. The van der Waals surface area contributed by atoms with E-state index < -0.39 is 0 Å². The van der Waals surface area contributed by atoms with Crippen molar-refractivity contribution < 1.29 is 4.39 Å². The van der Waals surface area contributed by atoms with E-state index in [1.165, 1.54) is 12.1 Å². The van der Waals surface area contributed by atoms with Gasteiger partial charge in [-0.3, -0.25) is 4.68 Å². The zero-order valence-corrected chi connectivity index (χ0v) is 14.1. The lowest BCUT2D eigenvalue weighted by molar-refractivity contribution is 0.360. The molecule has 2 nitrogen and oxygen atoms in total. The number of halogens is 3. The third-order valence-electron chi connectivity index (χ3n) is 2.54. The Bertz CT molecular complexity index is 587. The molecule has 18 heavy (non-hydrogen) atoms. The van der Waals surface area contributed by atoms with Crippen LogP contribution in [0.5, 0.6) is 0 Å². The Labute approximate surface area is 128 Å². The average Bonchev–Trinajstić information content (AvgIpc) is 2.63. The van der Waals surface area contributed by atoms with Crippen molar-refractivity contribution in [3.05, 3.63) is 38.3 Å². The van der Waals surface area contributed by atoms with Crippen molar-refractivity contribution in [2.24, 2.45) is 0 Å². The molecule has 0 spiro atoms. The van der Waals surface area contributed by atoms with Gasteiger partial charge in [0.15, 0.2) is 0 Å². The highest BCUT2D eigenvalue weighted by atomic mass is 127. The highest BCUT2D eigenvalue weighted by Crippen LogP contribution is 2.34. The molecule has 2 aromatic rings. The molecule has 0 aliphatic heterocycles. The van der Waals surface area contributed by atoms with Gasteiger partial charge < -0.3 is 0 Å². The molecular weight excluding hydrogens is 410 g/mol. The van der Waals surface area contributed by atoms with Crippen molar-refractivity contribution >= 4 is 38.5 Å². The SMILES string of the molecule is CC(C)(C)n1ncc(I)c1-c1cc(F)ccc1Br. The van der Waals surface area contributed by atoms with Gasteiger partial charge in [-0.1, -0.05) is 15.9 Å². The molecule has 1 heterocycles. The smallest absolute Gasteiger partial charge is 0.123 e. The number of benzene rings is 1. The largest absolute Gasteiger partial charge is 0.258 e. The van der Waals surface area contributed by atoms with Crippen LogP contribution in [0.4, 0.5) is 4.39 Å². The third kappa shape index (κ3) is 2.61. The molecule has 0 amide bonds. The predicted molar refractivity (Wildman–Crippen MR) is 83.0 cm³/mol. The maximum atomic E-state index is 13.4. The summed E-state index contributed by atoms with van der Waals surface area (Å²) in [5.41, 5.74) is 1.62. The number of aromatic nitrogens is 2. The fourth-order valence-corrected chi connectivity index (χ4v) is 2.84. The van der Waals surface area contributed by atoms with Crippen LogP contribution in [-0.4, -0.2) is 9.78 Å². The first kappa shape index (κ1) is 14.0. The quantitative estimate of drug-likeness (QED) is 0.603. The summed E-state index contributed by atoms with van der Waals surface area (Å²) >= 11 is 5.70. The summed E-state index contributed by atoms with van der Waals surface area (Å²) in [4.78, 5) is 0. The summed E-state index contributed by atoms with van der Waals surface area (Å²) in [6.07, 6.45) is 1.80. The molecule has 0 N–H and O–H groups in total. The van der Waals surface area contributed by atoms with Crippen LogP contribution in [0.15, 0.2) is 28.9 Å². The van der Waals surface area contributed by atoms with Crippen LogP contribution < -0.4 is 0 Å². The van der Waals surface area contributed by atoms with Gasteiger partial charge in [-0.2, -0.15) is 5.10 Å². The Balaban J connectivity index is 2.71. The van der Waals surface area contributed by atoms with Crippen LogP contribution in [0.1, 0.15) is 20.8 Å². The second kappa shape index (κ2) is 4.92. The van der Waals surface area contributed by atoms with Gasteiger partial charge in [0.25, 0.3) is 0 Å². The van der Waals surface area contributed by atoms with Crippen molar-refractivity contribution in [3.63, 3.8) is 0 Å². The Morgan fingerprint density at radius 2 is 2.00 bits per heavy atom. The van der Waals surface area contributed by atoms with E-state index in [-0.39, 0.29) is 11.4 Å². The Kier molecular flexibility index (Phi) is 3.82. The Morgan fingerprint density at radius 1 is 1.33 bits per heavy atom. The lowest BCUT2D eigenvalue weighted by atomic mass is 10.1. The summed E-state index contributed by atoms with van der Waals surface area (Å²) in [5.74, 6) is -0.245. The number of nitrogens with zero attached hydrogens (tertiary/aromatic N) is 2. The first-order chi connectivity index (χ1) is 8.30. The number of hydrogen-bond donors (Lipinski definition) is 0. The minimum Gasteiger partial charge on any atom is -0.258 e. The molecule has 0 saturated heterocycles. The summed E-state index contributed by atoms with van der Waals surface area (Å²) in [6, 6.07) is 4.70. The minimum absolute atomic E-state index is 0.148. The summed E-state index contributed by atoms with van der Waals surface area (Å²) in [5, 5.41) is 4.40. The van der Waals surface area contributed by atoms with E-state index in [1.807, 2.05) is 4.68 Å². The molecule has 0 aliphatic rings. The van der Waals surface area contributed by atoms with Crippen molar-refractivity contribution in [2.45, 2.75) is 26.3 Å². The summed E-state index contributed by atoms with van der Waals surface area (Å²) in [7, 11) is 0. The molecule has 5 heteroatoms. The van der Waals surface area contributed by atoms with Gasteiger partial charge in [0.1, 0.15) is 5.82 Å². The minimum atomic E-state index is -0.245. The normalized spacial score (nSPS) is 11.9. The second-order valence-corrected chi connectivity index (χ2v) is 7.06. The maximum Gasteiger partial charge on any atom is 0.123 e. The van der Waals surface area contributed by atoms with Crippen LogP contribution in [0, 0.1) is 9.39 Å². The fourth-order valence-electron chi connectivity index (χ4n) is 1.76. The monoisotopic (exact) mass is 422 g/mol. The average molecular weight is 423 g/mol. The lowest BCUT2D eigenvalue weighted by Gasteiger charge is -2.23. The molecule has 96 valence electrons. The van der Waals surface area contributed by atoms with Gasteiger partial charge in [0.2, 0.25) is 0 Å². The van der Waals surface area contributed by atoms with E-state index in [0.717, 1.165) is 19.3 Å². The van der Waals surface area contributed by atoms with Crippen LogP contribution in [0.25, 0.3) is 11.3 Å². The lowest BCUT2D eigenvalue weighted by Crippen LogP contribution is -2.24. The van der Waals surface area contributed by atoms with Crippen LogP contribution in [-0.2, 0) is 5.54 Å². The number of hydrogen-bond acceptors (Lipinski definition) is 1. The van der Waals surface area contributed by atoms with E-state index in [2.05, 4.69) is 64.4 Å². The van der Waals surface area contributed by atoms with Crippen LogP contribution in [0.2, 0.25) is 0 Å². The van der Waals surface area contributed by atoms with Crippen molar-refractivity contribution in [2.75, 3.05) is 0 Å². The van der Waals surface area contributed by atoms with Gasteiger partial charge in [0, 0.05) is 10.0 Å². The van der Waals surface area contributed by atoms with E-state index in [4.69, 9.17) is 0 Å². The molecule has 0 unspecified atom stereocenters. The first-order valence-electron chi connectivity index (χ1n) is 5.50. The molecule has 0 aliphatic carbocycles. The predicted octanol–water partition coefficient (Wildman–Crippen LogP) is 4.81. The van der Waals surface area contributed by atoms with E-state index >= 15 is 0 Å². The van der Waals surface area contributed by atoms with Crippen molar-refractivity contribution in [3.8, 4) is 11.3 Å². The third-order valence-corrected chi connectivity index (χ3v) is 4.02. The van der Waals surface area contributed by atoms with Crippen molar-refractivity contribution in [1.29, 1.82) is 0 Å². The van der Waals surface area contributed by atoms with Gasteiger partial charge in [0.05, 0.1) is 21.0 Å². The van der Waals surface area contributed by atoms with Gasteiger partial charge in [-0.15, -0.1) is 0 Å². The Hall–Kier alpha value is -0.430. The summed E-state index contributed by atoms with van der Waals surface area (Å²) < 4.78 is 17.2. The van der Waals surface area contributed by atoms with Crippen molar-refractivity contribution in [1.82, 2.24) is 9.78 Å². The van der Waals surface area contributed by atoms with Gasteiger partial charge >= 0.3 is 0 Å². The van der Waals surface area contributed by atoms with E-state index in [9.17, 15) is 4.39 Å². The Morgan fingerprint density at radius 3 is 2.61 bits per heavy atom. The molecular formula is C13H13BrFIN2. The molecule has 0 radical (unpaired) electrons. The molecule has 1 aromatic carbocycles. The first-order valence-corrected chi connectivity index (χ1v) is 7.37. The standard InChI is InChI=1S/C13H13BrFIN2/c1-13(2,3)18-12(11(16)7-17-18)9-6-8(15)4-5-10(9)14/h4-7H,1-3H3. The van der Waals surface area contributed by atoms with E-state index in [0.29, 0.717) is 0 Å². The van der Waals surface area contributed by atoms with Gasteiger partial charge in [-0.25, -0.2) is 4.39 Å². The fraction of sp³-hybridized carbons (Fsp3) is 0.308. The van der Waals surface area contributed by atoms with Crippen LogP contribution >= 0.6 is 38.5 Å². The second-order valence-electron chi connectivity index (χ2n) is 5.05. The van der Waals surface area contributed by atoms with Crippen LogP contribution in [0.3, 0.4) is 0 Å². The maximum absolute atomic E-state index is 13.4. The molecule has 2 rings (SSSR count). The zero-order chi connectivity index (χ0) is 13.5. The van der Waals surface area contributed by atoms with Gasteiger partial charge in [-0.05, 0) is 61.6 Å². The zero-order valence-electron chi connectivity index (χ0n) is 10.3.